The van der Waals surface area contributed by atoms with Crippen molar-refractivity contribution in [2.75, 3.05) is 25.0 Å². The van der Waals surface area contributed by atoms with Gasteiger partial charge in [-0.15, -0.1) is 11.3 Å². The largest absolute Gasteiger partial charge is 0.396 e. The van der Waals surface area contributed by atoms with Crippen LogP contribution in [-0.4, -0.2) is 46.8 Å². The topological polar surface area (TPSA) is 77.5 Å². The second-order valence-corrected chi connectivity index (χ2v) is 8.89. The fraction of sp³-hybridized carbons (Fsp3) is 0.333. The van der Waals surface area contributed by atoms with Crippen LogP contribution in [0.15, 0.2) is 60.0 Å². The minimum absolute atomic E-state index is 0.00726. The molecule has 0 spiro atoms. The van der Waals surface area contributed by atoms with Crippen LogP contribution >= 0.6 is 11.3 Å². The van der Waals surface area contributed by atoms with Gasteiger partial charge < -0.3 is 15.7 Å². The molecular formula is C24H28N4O2S. The number of aryl methyl sites for hydroxylation is 1. The van der Waals surface area contributed by atoms with Gasteiger partial charge in [0, 0.05) is 60.5 Å². The molecule has 1 aliphatic rings. The highest BCUT2D eigenvalue weighted by Gasteiger charge is 2.30. The van der Waals surface area contributed by atoms with E-state index in [1.807, 2.05) is 54.8 Å². The molecule has 31 heavy (non-hydrogen) atoms. The van der Waals surface area contributed by atoms with Crippen LogP contribution in [0.3, 0.4) is 0 Å². The van der Waals surface area contributed by atoms with Gasteiger partial charge >= 0.3 is 6.03 Å². The summed E-state index contributed by atoms with van der Waals surface area (Å²) in [5.74, 6) is 0.00726. The SMILES string of the molecule is Cc1csc(-c2cccc(NC(=O)N[C@H]3CCN(Cc4ccccc4)C[C@@H]3CO)c2)n1. The predicted molar refractivity (Wildman–Crippen MR) is 125 cm³/mol. The number of nitrogens with zero attached hydrogens (tertiary/aromatic N) is 2. The molecule has 4 rings (SSSR count). The molecule has 3 aromatic rings. The third kappa shape index (κ3) is 5.70. The van der Waals surface area contributed by atoms with E-state index >= 15 is 0 Å². The summed E-state index contributed by atoms with van der Waals surface area (Å²) < 4.78 is 0. The zero-order chi connectivity index (χ0) is 21.6. The van der Waals surface area contributed by atoms with Crippen molar-refractivity contribution in [1.82, 2.24) is 15.2 Å². The van der Waals surface area contributed by atoms with E-state index in [1.54, 1.807) is 11.3 Å². The molecular weight excluding hydrogens is 408 g/mol. The molecule has 2 aromatic carbocycles. The normalized spacial score (nSPS) is 19.2. The molecule has 2 amide bonds. The summed E-state index contributed by atoms with van der Waals surface area (Å²) in [5, 5.41) is 18.9. The van der Waals surface area contributed by atoms with Gasteiger partial charge in [0.2, 0.25) is 0 Å². The number of aromatic nitrogens is 1. The third-order valence-electron chi connectivity index (χ3n) is 5.60. The van der Waals surface area contributed by atoms with Crippen LogP contribution < -0.4 is 10.6 Å². The highest BCUT2D eigenvalue weighted by atomic mass is 32.1. The smallest absolute Gasteiger partial charge is 0.319 e. The van der Waals surface area contributed by atoms with Crippen LogP contribution in [0.5, 0.6) is 0 Å². The molecule has 1 saturated heterocycles. The van der Waals surface area contributed by atoms with Gasteiger partial charge in [0.1, 0.15) is 5.01 Å². The van der Waals surface area contributed by atoms with E-state index in [9.17, 15) is 9.90 Å². The summed E-state index contributed by atoms with van der Waals surface area (Å²) in [7, 11) is 0. The van der Waals surface area contributed by atoms with Crippen molar-refractivity contribution in [3.8, 4) is 10.6 Å². The van der Waals surface area contributed by atoms with Crippen molar-refractivity contribution in [2.45, 2.75) is 25.9 Å². The number of nitrogens with one attached hydrogen (secondary N) is 2. The molecule has 0 unspecified atom stereocenters. The summed E-state index contributed by atoms with van der Waals surface area (Å²) in [6, 6.07) is 17.8. The first-order valence-electron chi connectivity index (χ1n) is 10.6. The van der Waals surface area contributed by atoms with Gasteiger partial charge in [-0.1, -0.05) is 42.5 Å². The summed E-state index contributed by atoms with van der Waals surface area (Å²) in [6.45, 7) is 4.52. The first-order chi connectivity index (χ1) is 15.1. The summed E-state index contributed by atoms with van der Waals surface area (Å²) >= 11 is 1.59. The minimum atomic E-state index is -0.243. The maximum Gasteiger partial charge on any atom is 0.319 e. The van der Waals surface area contributed by atoms with E-state index in [4.69, 9.17) is 0 Å². The minimum Gasteiger partial charge on any atom is -0.396 e. The molecule has 0 bridgehead atoms. The molecule has 3 N–H and O–H groups in total. The van der Waals surface area contributed by atoms with Gasteiger partial charge in [-0.05, 0) is 31.0 Å². The second kappa shape index (κ2) is 10.0. The number of carbonyl (C=O) groups excluding carboxylic acids is 1. The number of anilines is 1. The zero-order valence-electron chi connectivity index (χ0n) is 17.6. The van der Waals surface area contributed by atoms with Crippen molar-refractivity contribution in [2.24, 2.45) is 5.92 Å². The van der Waals surface area contributed by atoms with E-state index in [2.05, 4.69) is 32.7 Å². The van der Waals surface area contributed by atoms with Gasteiger partial charge in [0.25, 0.3) is 0 Å². The number of aliphatic hydroxyl groups excluding tert-OH is 1. The lowest BCUT2D eigenvalue weighted by molar-refractivity contribution is 0.0895. The number of carbonyl (C=O) groups is 1. The number of piperidine rings is 1. The number of rotatable bonds is 6. The number of hydrogen-bond acceptors (Lipinski definition) is 5. The van der Waals surface area contributed by atoms with Crippen molar-refractivity contribution >= 4 is 23.1 Å². The van der Waals surface area contributed by atoms with Crippen molar-refractivity contribution < 1.29 is 9.90 Å². The molecule has 0 saturated carbocycles. The number of hydrogen-bond donors (Lipinski definition) is 3. The average Bonchev–Trinajstić information content (AvgIpc) is 3.22. The van der Waals surface area contributed by atoms with Crippen LogP contribution in [0.25, 0.3) is 10.6 Å². The maximum absolute atomic E-state index is 12.6. The number of likely N-dealkylation sites (tertiary alicyclic amines) is 1. The van der Waals surface area contributed by atoms with E-state index in [1.165, 1.54) is 5.56 Å². The molecule has 1 aliphatic heterocycles. The molecule has 6 nitrogen and oxygen atoms in total. The van der Waals surface area contributed by atoms with Gasteiger partial charge in [0.05, 0.1) is 0 Å². The lowest BCUT2D eigenvalue weighted by Crippen LogP contribution is -2.52. The van der Waals surface area contributed by atoms with Crippen LogP contribution in [-0.2, 0) is 6.54 Å². The Hall–Kier alpha value is -2.74. The zero-order valence-corrected chi connectivity index (χ0v) is 18.4. The average molecular weight is 437 g/mol. The van der Waals surface area contributed by atoms with E-state index in [0.717, 1.165) is 48.0 Å². The highest BCUT2D eigenvalue weighted by molar-refractivity contribution is 7.13. The van der Waals surface area contributed by atoms with Crippen molar-refractivity contribution in [3.05, 3.63) is 71.2 Å². The Morgan fingerprint density at radius 3 is 2.81 bits per heavy atom. The van der Waals surface area contributed by atoms with Crippen molar-refractivity contribution in [1.29, 1.82) is 0 Å². The Labute approximate surface area is 186 Å². The number of benzene rings is 2. The van der Waals surface area contributed by atoms with E-state index in [0.29, 0.717) is 0 Å². The Bertz CT molecular complexity index is 1010. The molecule has 1 fully saturated rings. The second-order valence-electron chi connectivity index (χ2n) is 8.03. The molecule has 162 valence electrons. The first-order valence-corrected chi connectivity index (χ1v) is 11.5. The fourth-order valence-electron chi connectivity index (χ4n) is 4.02. The van der Waals surface area contributed by atoms with Gasteiger partial charge in [-0.3, -0.25) is 4.90 Å². The van der Waals surface area contributed by atoms with Crippen LogP contribution in [0.2, 0.25) is 0 Å². The molecule has 0 radical (unpaired) electrons. The van der Waals surface area contributed by atoms with E-state index in [-0.39, 0.29) is 24.6 Å². The third-order valence-corrected chi connectivity index (χ3v) is 6.61. The summed E-state index contributed by atoms with van der Waals surface area (Å²) in [4.78, 5) is 19.5. The maximum atomic E-state index is 12.6. The predicted octanol–water partition coefficient (Wildman–Crippen LogP) is 4.12. The number of urea groups is 1. The van der Waals surface area contributed by atoms with Gasteiger partial charge in [0.15, 0.2) is 0 Å². The molecule has 1 aromatic heterocycles. The van der Waals surface area contributed by atoms with Crippen molar-refractivity contribution in [3.63, 3.8) is 0 Å². The Kier molecular flexibility index (Phi) is 6.96. The standard InChI is InChI=1S/C24H28N4O2S/c1-17-16-31-23(25-17)19-8-5-9-21(12-19)26-24(30)27-22-10-11-28(14-20(22)15-29)13-18-6-3-2-4-7-18/h2-9,12,16,20,22,29H,10-11,13-15H2,1H3,(H2,26,27,30)/t20-,22+/m1/s1. The summed E-state index contributed by atoms with van der Waals surface area (Å²) in [5.41, 5.74) is 3.96. The highest BCUT2D eigenvalue weighted by Crippen LogP contribution is 2.26. The monoisotopic (exact) mass is 436 g/mol. The van der Waals surface area contributed by atoms with E-state index < -0.39 is 0 Å². The number of aliphatic hydroxyl groups is 1. The Morgan fingerprint density at radius 1 is 1.23 bits per heavy atom. The molecule has 2 atom stereocenters. The molecule has 7 heteroatoms. The van der Waals surface area contributed by atoms with Crippen LogP contribution in [0.1, 0.15) is 17.7 Å². The number of amides is 2. The Balaban J connectivity index is 1.33. The molecule has 2 heterocycles. The molecule has 0 aliphatic carbocycles. The van der Waals surface area contributed by atoms with Gasteiger partial charge in [-0.2, -0.15) is 0 Å². The van der Waals surface area contributed by atoms with Gasteiger partial charge in [-0.25, -0.2) is 9.78 Å². The first kappa shape index (κ1) is 21.5. The lowest BCUT2D eigenvalue weighted by Gasteiger charge is -2.38. The van der Waals surface area contributed by atoms with Crippen LogP contribution in [0, 0.1) is 12.8 Å². The lowest BCUT2D eigenvalue weighted by atomic mass is 9.92. The fourth-order valence-corrected chi connectivity index (χ4v) is 4.81. The summed E-state index contributed by atoms with van der Waals surface area (Å²) in [6.07, 6.45) is 0.809. The quantitative estimate of drug-likeness (QED) is 0.543. The number of thiazole rings is 1. The van der Waals surface area contributed by atoms with Crippen LogP contribution in [0.4, 0.5) is 10.5 Å². The Morgan fingerprint density at radius 2 is 2.06 bits per heavy atom.